The summed E-state index contributed by atoms with van der Waals surface area (Å²) in [7, 11) is 0. The largest absolute Gasteiger partial charge is 0.361 e. The van der Waals surface area contributed by atoms with Gasteiger partial charge in [0.25, 0.3) is 5.91 Å². The molecule has 0 saturated heterocycles. The van der Waals surface area contributed by atoms with Crippen molar-refractivity contribution in [3.8, 4) is 0 Å². The standard InChI is InChI=1S/C29H27BrFN3O2/c30-23-9-7-21(8-10-23)29(36)34(25-13-14-25)19-28(35)33(18-20-5-11-24(31)12-6-20)16-15-22-17-32-27-4-2-1-3-26(22)27/h1-12,17,25,32H,13-16,18-19H2. The zero-order valence-electron chi connectivity index (χ0n) is 19.8. The summed E-state index contributed by atoms with van der Waals surface area (Å²) in [6.07, 6.45) is 4.46. The first-order chi connectivity index (χ1) is 17.5. The molecule has 1 heterocycles. The SMILES string of the molecule is O=C(CN(C(=O)c1ccc(Br)cc1)C1CC1)N(CCc1c[nH]c2ccccc12)Cc1ccc(F)cc1. The van der Waals surface area contributed by atoms with Gasteiger partial charge in [0.05, 0.1) is 0 Å². The predicted molar refractivity (Wildman–Crippen MR) is 142 cm³/mol. The minimum Gasteiger partial charge on any atom is -0.361 e. The molecule has 0 bridgehead atoms. The van der Waals surface area contributed by atoms with Crippen LogP contribution in [-0.4, -0.2) is 45.7 Å². The van der Waals surface area contributed by atoms with Crippen LogP contribution < -0.4 is 0 Å². The van der Waals surface area contributed by atoms with Crippen LogP contribution in [0.5, 0.6) is 0 Å². The number of nitrogens with zero attached hydrogens (tertiary/aromatic N) is 2. The average Bonchev–Trinajstić information content (AvgIpc) is 3.65. The number of carbonyl (C=O) groups excluding carboxylic acids is 2. The topological polar surface area (TPSA) is 56.4 Å². The molecule has 0 atom stereocenters. The van der Waals surface area contributed by atoms with Crippen LogP contribution in [0.1, 0.15) is 34.3 Å². The molecule has 1 aromatic heterocycles. The molecule has 3 aromatic carbocycles. The summed E-state index contributed by atoms with van der Waals surface area (Å²) in [6.45, 7) is 0.865. The molecule has 0 spiro atoms. The quantitative estimate of drug-likeness (QED) is 0.281. The number of hydrogen-bond donors (Lipinski definition) is 1. The monoisotopic (exact) mass is 547 g/mol. The van der Waals surface area contributed by atoms with Gasteiger partial charge in [-0.2, -0.15) is 0 Å². The summed E-state index contributed by atoms with van der Waals surface area (Å²) < 4.78 is 14.4. The van der Waals surface area contributed by atoms with E-state index in [0.717, 1.165) is 39.3 Å². The summed E-state index contributed by atoms with van der Waals surface area (Å²) in [5.41, 5.74) is 3.61. The molecule has 0 aliphatic heterocycles. The van der Waals surface area contributed by atoms with Crippen LogP contribution in [0.4, 0.5) is 4.39 Å². The van der Waals surface area contributed by atoms with Gasteiger partial charge in [0.2, 0.25) is 5.91 Å². The van der Waals surface area contributed by atoms with Crippen LogP contribution in [0, 0.1) is 5.82 Å². The van der Waals surface area contributed by atoms with Crippen LogP contribution >= 0.6 is 15.9 Å². The molecule has 1 fully saturated rings. The number of halogens is 2. The van der Waals surface area contributed by atoms with Gasteiger partial charge >= 0.3 is 0 Å². The van der Waals surface area contributed by atoms with Crippen LogP contribution in [0.15, 0.2) is 83.5 Å². The van der Waals surface area contributed by atoms with Crippen molar-refractivity contribution >= 4 is 38.6 Å². The van der Waals surface area contributed by atoms with Crippen LogP contribution in [0.2, 0.25) is 0 Å². The zero-order chi connectivity index (χ0) is 25.1. The second kappa shape index (κ2) is 10.7. The molecule has 1 aliphatic rings. The van der Waals surface area contributed by atoms with Crippen molar-refractivity contribution in [1.82, 2.24) is 14.8 Å². The Kier molecular flexibility index (Phi) is 7.18. The number of hydrogen-bond acceptors (Lipinski definition) is 2. The van der Waals surface area contributed by atoms with Crippen molar-refractivity contribution < 1.29 is 14.0 Å². The van der Waals surface area contributed by atoms with Gasteiger partial charge in [0, 0.05) is 46.3 Å². The van der Waals surface area contributed by atoms with Crippen molar-refractivity contribution in [2.75, 3.05) is 13.1 Å². The van der Waals surface area contributed by atoms with Crippen molar-refractivity contribution in [3.05, 3.63) is 106 Å². The maximum Gasteiger partial charge on any atom is 0.254 e. The Morgan fingerprint density at radius 3 is 2.42 bits per heavy atom. The number of H-pyrrole nitrogens is 1. The van der Waals surface area contributed by atoms with Crippen molar-refractivity contribution in [1.29, 1.82) is 0 Å². The molecule has 36 heavy (non-hydrogen) atoms. The number of aromatic nitrogens is 1. The average molecular weight is 548 g/mol. The minimum atomic E-state index is -0.310. The van der Waals surface area contributed by atoms with E-state index < -0.39 is 0 Å². The summed E-state index contributed by atoms with van der Waals surface area (Å²) in [5.74, 6) is -0.552. The first kappa shape index (κ1) is 24.3. The van der Waals surface area contributed by atoms with E-state index in [1.54, 1.807) is 34.1 Å². The molecule has 0 radical (unpaired) electrons. The summed E-state index contributed by atoms with van der Waals surface area (Å²) in [6, 6.07) is 21.6. The highest BCUT2D eigenvalue weighted by Crippen LogP contribution is 2.29. The second-order valence-corrected chi connectivity index (χ2v) is 10.1. The van der Waals surface area contributed by atoms with Gasteiger partial charge in [-0.05, 0) is 72.9 Å². The molecule has 5 rings (SSSR count). The second-order valence-electron chi connectivity index (χ2n) is 9.22. The number of aromatic amines is 1. The molecular formula is C29H27BrFN3O2. The maximum absolute atomic E-state index is 13.6. The third-order valence-corrected chi connectivity index (χ3v) is 7.14. The molecule has 184 valence electrons. The van der Waals surface area contributed by atoms with Crippen molar-refractivity contribution in [2.24, 2.45) is 0 Å². The Morgan fingerprint density at radius 1 is 0.972 bits per heavy atom. The molecule has 0 unspecified atom stereocenters. The van der Waals surface area contributed by atoms with E-state index >= 15 is 0 Å². The summed E-state index contributed by atoms with van der Waals surface area (Å²) >= 11 is 3.41. The molecule has 1 N–H and O–H groups in total. The molecule has 4 aromatic rings. The van der Waals surface area contributed by atoms with E-state index in [1.807, 2.05) is 36.5 Å². The first-order valence-corrected chi connectivity index (χ1v) is 12.9. The van der Waals surface area contributed by atoms with E-state index in [0.29, 0.717) is 25.1 Å². The number of benzene rings is 3. The van der Waals surface area contributed by atoms with Crippen LogP contribution in [-0.2, 0) is 17.8 Å². The fourth-order valence-corrected chi connectivity index (χ4v) is 4.72. The molecule has 5 nitrogen and oxygen atoms in total. The first-order valence-electron chi connectivity index (χ1n) is 12.1. The number of fused-ring (bicyclic) bond motifs is 1. The summed E-state index contributed by atoms with van der Waals surface area (Å²) in [4.78, 5) is 33.7. The van der Waals surface area contributed by atoms with E-state index in [2.05, 4.69) is 27.0 Å². The number of rotatable bonds is 9. The molecular weight excluding hydrogens is 521 g/mol. The lowest BCUT2D eigenvalue weighted by Gasteiger charge is -2.28. The number of para-hydroxylation sites is 1. The van der Waals surface area contributed by atoms with Gasteiger partial charge in [-0.15, -0.1) is 0 Å². The van der Waals surface area contributed by atoms with E-state index in [-0.39, 0.29) is 30.2 Å². The van der Waals surface area contributed by atoms with Gasteiger partial charge in [0.15, 0.2) is 0 Å². The Labute approximate surface area is 218 Å². The van der Waals surface area contributed by atoms with Crippen LogP contribution in [0.25, 0.3) is 10.9 Å². The fraction of sp³-hybridized carbons (Fsp3) is 0.241. The van der Waals surface area contributed by atoms with E-state index in [9.17, 15) is 14.0 Å². The maximum atomic E-state index is 13.6. The third-order valence-electron chi connectivity index (χ3n) is 6.61. The highest BCUT2D eigenvalue weighted by molar-refractivity contribution is 9.10. The number of amides is 2. The Balaban J connectivity index is 1.35. The van der Waals surface area contributed by atoms with Crippen molar-refractivity contribution in [3.63, 3.8) is 0 Å². The van der Waals surface area contributed by atoms with Crippen LogP contribution in [0.3, 0.4) is 0 Å². The van der Waals surface area contributed by atoms with E-state index in [1.165, 1.54) is 12.1 Å². The molecule has 1 saturated carbocycles. The third kappa shape index (κ3) is 5.68. The number of nitrogens with one attached hydrogen (secondary N) is 1. The molecule has 2 amide bonds. The highest BCUT2D eigenvalue weighted by atomic mass is 79.9. The smallest absolute Gasteiger partial charge is 0.254 e. The summed E-state index contributed by atoms with van der Waals surface area (Å²) in [5, 5.41) is 1.14. The lowest BCUT2D eigenvalue weighted by molar-refractivity contribution is -0.132. The highest BCUT2D eigenvalue weighted by Gasteiger charge is 2.35. The number of carbonyl (C=O) groups is 2. The Morgan fingerprint density at radius 2 is 1.69 bits per heavy atom. The van der Waals surface area contributed by atoms with Gasteiger partial charge in [-0.3, -0.25) is 9.59 Å². The van der Waals surface area contributed by atoms with Crippen molar-refractivity contribution in [2.45, 2.75) is 31.8 Å². The van der Waals surface area contributed by atoms with E-state index in [4.69, 9.17) is 0 Å². The molecule has 7 heteroatoms. The predicted octanol–water partition coefficient (Wildman–Crippen LogP) is 5.95. The van der Waals surface area contributed by atoms with Gasteiger partial charge in [0.1, 0.15) is 12.4 Å². The Hall–Kier alpha value is -3.45. The lowest BCUT2D eigenvalue weighted by atomic mass is 10.1. The normalized spacial score (nSPS) is 13.1. The van der Waals surface area contributed by atoms with Gasteiger partial charge < -0.3 is 14.8 Å². The zero-order valence-corrected chi connectivity index (χ0v) is 21.4. The molecule has 1 aliphatic carbocycles. The Bertz CT molecular complexity index is 1360. The lowest BCUT2D eigenvalue weighted by Crippen LogP contribution is -2.44. The van der Waals surface area contributed by atoms with Gasteiger partial charge in [-0.1, -0.05) is 46.3 Å². The van der Waals surface area contributed by atoms with Gasteiger partial charge in [-0.25, -0.2) is 4.39 Å². The fourth-order valence-electron chi connectivity index (χ4n) is 4.45. The minimum absolute atomic E-state index is 0.0225.